The van der Waals surface area contributed by atoms with Crippen LogP contribution >= 0.6 is 11.8 Å². The number of carboxylic acid groups (broad SMARTS) is 1. The molecule has 3 aromatic carbocycles. The molecule has 0 saturated heterocycles. The van der Waals surface area contributed by atoms with E-state index in [-0.39, 0.29) is 25.3 Å². The molecule has 0 spiro atoms. The second kappa shape index (κ2) is 15.1. The van der Waals surface area contributed by atoms with Crippen molar-refractivity contribution in [2.75, 3.05) is 12.0 Å². The van der Waals surface area contributed by atoms with Crippen LogP contribution < -0.4 is 34.0 Å². The van der Waals surface area contributed by atoms with E-state index in [1.54, 1.807) is 18.2 Å². The molecule has 0 fully saturated rings. The molecule has 1 amide bonds. The van der Waals surface area contributed by atoms with Crippen molar-refractivity contribution in [1.82, 2.24) is 15.5 Å². The maximum absolute atomic E-state index is 13.2. The van der Waals surface area contributed by atoms with Crippen molar-refractivity contribution >= 4 is 35.8 Å². The first-order chi connectivity index (χ1) is 18.9. The van der Waals surface area contributed by atoms with Crippen LogP contribution in [0.1, 0.15) is 33.6 Å². The molecule has 0 radical (unpaired) electrons. The molecule has 1 atom stereocenters. The summed E-state index contributed by atoms with van der Waals surface area (Å²) in [4.78, 5) is 24.8. The number of aliphatic carboxylic acids is 1. The van der Waals surface area contributed by atoms with Crippen molar-refractivity contribution in [2.24, 2.45) is 0 Å². The fourth-order valence-electron chi connectivity index (χ4n) is 3.95. The number of ether oxygens (including phenoxy) is 1. The van der Waals surface area contributed by atoms with Crippen molar-refractivity contribution in [3.05, 3.63) is 107 Å². The van der Waals surface area contributed by atoms with Gasteiger partial charge in [0.15, 0.2) is 0 Å². The molecule has 0 unspecified atom stereocenters. The third-order valence-electron chi connectivity index (χ3n) is 6.00. The van der Waals surface area contributed by atoms with Gasteiger partial charge in [0.1, 0.15) is 5.75 Å². The van der Waals surface area contributed by atoms with E-state index in [9.17, 15) is 14.7 Å². The smallest absolute Gasteiger partial charge is 0.548 e. The quantitative estimate of drug-likeness (QED) is 0.288. The van der Waals surface area contributed by atoms with Gasteiger partial charge in [-0.1, -0.05) is 54.6 Å². The zero-order chi connectivity index (χ0) is 27.6. The Morgan fingerprint density at radius 3 is 2.38 bits per heavy atom. The van der Waals surface area contributed by atoms with Gasteiger partial charge in [-0.3, -0.25) is 4.79 Å². The molecule has 0 aliphatic heterocycles. The Morgan fingerprint density at radius 1 is 0.950 bits per heavy atom. The average molecular weight is 546 g/mol. The number of para-hydroxylation sites is 1. The van der Waals surface area contributed by atoms with Crippen LogP contribution in [-0.2, 0) is 4.79 Å². The van der Waals surface area contributed by atoms with Gasteiger partial charge in [0.05, 0.1) is 17.7 Å². The molecule has 9 heteroatoms. The Bertz CT molecular complexity index is 1460. The van der Waals surface area contributed by atoms with Gasteiger partial charge in [-0.25, -0.2) is 0 Å². The minimum Gasteiger partial charge on any atom is -0.548 e. The Morgan fingerprint density at radius 2 is 1.70 bits per heavy atom. The number of aromatic nitrogens is 2. The zero-order valence-electron chi connectivity index (χ0n) is 22.7. The van der Waals surface area contributed by atoms with E-state index in [2.05, 4.69) is 15.5 Å². The first-order valence-electron chi connectivity index (χ1n) is 12.4. The molecular weight excluding hydrogens is 517 g/mol. The third kappa shape index (κ3) is 8.33. The molecule has 0 aliphatic carbocycles. The van der Waals surface area contributed by atoms with Crippen LogP contribution in [0.25, 0.3) is 23.3 Å². The summed E-state index contributed by atoms with van der Waals surface area (Å²) in [6.07, 6.45) is 5.87. The van der Waals surface area contributed by atoms with Crippen molar-refractivity contribution < 1.29 is 38.3 Å². The Kier molecular flexibility index (Phi) is 11.6. The van der Waals surface area contributed by atoms with E-state index < -0.39 is 17.9 Å². The second-order valence-electron chi connectivity index (χ2n) is 8.79. The van der Waals surface area contributed by atoms with Crippen LogP contribution in [0, 0.1) is 6.92 Å². The number of carbonyl (C=O) groups is 2. The number of carboxylic acids is 1. The molecule has 1 N–H and O–H groups in total. The number of amides is 1. The zero-order valence-corrected chi connectivity index (χ0v) is 23.5. The number of hydrogen-bond acceptors (Lipinski definition) is 7. The summed E-state index contributed by atoms with van der Waals surface area (Å²) in [5.41, 5.74) is 4.45. The van der Waals surface area contributed by atoms with Gasteiger partial charge in [-0.2, -0.15) is 11.8 Å². The monoisotopic (exact) mass is 545 g/mol. The van der Waals surface area contributed by atoms with Crippen molar-refractivity contribution in [3.63, 3.8) is 0 Å². The maximum atomic E-state index is 13.2. The Balaban J connectivity index is 0.00000441. The standard InChI is InChI=1S/C31H29N3O4S.Li/c1-21-8-6-7-11-25(21)27-20-22(13-16-26(27)30(35)32-28(31(36)37)18-19-39-2)12-14-23-15-17-29(34-33-23)38-24-9-4-3-5-10-24;/h3-17,20,28H,18-19H2,1-2H3,(H,32,35)(H,36,37);/q;+1/p-1/b14-12+;/t28-;/m0./s1. The number of benzene rings is 3. The number of hydrogen-bond donors (Lipinski definition) is 1. The Labute approximate surface area is 250 Å². The summed E-state index contributed by atoms with van der Waals surface area (Å²) >= 11 is 1.51. The van der Waals surface area contributed by atoms with Crippen molar-refractivity contribution in [1.29, 1.82) is 0 Å². The molecule has 7 nitrogen and oxygen atoms in total. The van der Waals surface area contributed by atoms with Gasteiger partial charge >= 0.3 is 18.9 Å². The second-order valence-corrected chi connectivity index (χ2v) is 9.78. The van der Waals surface area contributed by atoms with E-state index >= 15 is 0 Å². The molecule has 0 saturated carbocycles. The number of aryl methyl sites for hydroxylation is 1. The minimum atomic E-state index is -1.30. The molecule has 0 aliphatic rings. The number of nitrogens with zero attached hydrogens (tertiary/aromatic N) is 2. The molecular formula is C31H28LiN3O4S. The molecule has 198 valence electrons. The largest absolute Gasteiger partial charge is 1.00 e. The molecule has 4 rings (SSSR count). The van der Waals surface area contributed by atoms with Gasteiger partial charge in [-0.05, 0) is 84.0 Å². The summed E-state index contributed by atoms with van der Waals surface area (Å²) in [5, 5.41) is 22.6. The van der Waals surface area contributed by atoms with Gasteiger partial charge in [-0.15, -0.1) is 10.2 Å². The van der Waals surface area contributed by atoms with Gasteiger partial charge in [0.25, 0.3) is 5.91 Å². The van der Waals surface area contributed by atoms with Gasteiger partial charge in [0.2, 0.25) is 5.88 Å². The van der Waals surface area contributed by atoms with Crippen LogP contribution in [0.2, 0.25) is 0 Å². The first-order valence-corrected chi connectivity index (χ1v) is 13.8. The number of thioether (sulfide) groups is 1. The van der Waals surface area contributed by atoms with Crippen molar-refractivity contribution in [3.8, 4) is 22.8 Å². The summed E-state index contributed by atoms with van der Waals surface area (Å²) in [6.45, 7) is 1.97. The number of nitrogens with one attached hydrogen (secondary N) is 1. The normalized spacial score (nSPS) is 11.4. The molecule has 1 heterocycles. The van der Waals surface area contributed by atoms with Gasteiger partial charge < -0.3 is 20.0 Å². The van der Waals surface area contributed by atoms with Crippen LogP contribution in [0.5, 0.6) is 11.6 Å². The van der Waals surface area contributed by atoms with E-state index in [4.69, 9.17) is 4.74 Å². The summed E-state index contributed by atoms with van der Waals surface area (Å²) < 4.78 is 5.69. The summed E-state index contributed by atoms with van der Waals surface area (Å²) in [5.74, 6) is -0.0917. The first kappa shape index (κ1) is 30.7. The fourth-order valence-corrected chi connectivity index (χ4v) is 4.42. The average Bonchev–Trinajstić information content (AvgIpc) is 2.95. The topological polar surface area (TPSA) is 104 Å². The van der Waals surface area contributed by atoms with Gasteiger partial charge in [0, 0.05) is 11.6 Å². The number of rotatable bonds is 11. The summed E-state index contributed by atoms with van der Waals surface area (Å²) in [6, 6.07) is 25.0. The molecule has 40 heavy (non-hydrogen) atoms. The molecule has 0 bridgehead atoms. The number of carbonyl (C=O) groups excluding carboxylic acids is 2. The van der Waals surface area contributed by atoms with E-state index in [0.717, 1.165) is 16.7 Å². The van der Waals surface area contributed by atoms with Crippen molar-refractivity contribution in [2.45, 2.75) is 19.4 Å². The predicted octanol–water partition coefficient (Wildman–Crippen LogP) is 2.02. The third-order valence-corrected chi connectivity index (χ3v) is 6.64. The maximum Gasteiger partial charge on any atom is 1.00 e. The molecule has 1 aromatic heterocycles. The van der Waals surface area contributed by atoms with Crippen LogP contribution in [0.4, 0.5) is 0 Å². The van der Waals surface area contributed by atoms with E-state index in [1.807, 2.05) is 92.1 Å². The van der Waals surface area contributed by atoms with Crippen LogP contribution in [0.3, 0.4) is 0 Å². The summed E-state index contributed by atoms with van der Waals surface area (Å²) in [7, 11) is 0. The predicted molar refractivity (Wildman–Crippen MR) is 153 cm³/mol. The molecule has 4 aromatic rings. The Hall–Kier alpha value is -3.83. The van der Waals surface area contributed by atoms with E-state index in [1.165, 1.54) is 11.8 Å². The van der Waals surface area contributed by atoms with Crippen LogP contribution in [0.15, 0.2) is 84.9 Å². The minimum absolute atomic E-state index is 0. The van der Waals surface area contributed by atoms with E-state index in [0.29, 0.717) is 34.2 Å². The fraction of sp³-hybridized carbons (Fsp3) is 0.161. The SMILES string of the molecule is CSCC[C@H](NC(=O)c1ccc(/C=C/c2ccc(Oc3ccccc3)nn2)cc1-c1ccccc1C)C(=O)[O-].[Li+]. The van der Waals surface area contributed by atoms with Crippen LogP contribution in [-0.4, -0.2) is 40.1 Å².